The summed E-state index contributed by atoms with van der Waals surface area (Å²) >= 11 is 0. The number of hydrogen-bond acceptors (Lipinski definition) is 5. The highest BCUT2D eigenvalue weighted by atomic mass is 16.5. The van der Waals surface area contributed by atoms with Crippen LogP contribution in [-0.4, -0.2) is 46.9 Å². The SMILES string of the molecule is COC(=O)C1CCN(C(=O)c2c[nH]c(=O)[nH]c2=O)C1. The molecule has 1 aliphatic heterocycles. The van der Waals surface area contributed by atoms with Crippen LogP contribution >= 0.6 is 0 Å². The number of ether oxygens (including phenoxy) is 1. The Bertz CT molecular complexity index is 617. The summed E-state index contributed by atoms with van der Waals surface area (Å²) in [5.74, 6) is -1.25. The number of methoxy groups -OCH3 is 1. The van der Waals surface area contributed by atoms with Crippen LogP contribution in [0.25, 0.3) is 0 Å². The van der Waals surface area contributed by atoms with Crippen LogP contribution < -0.4 is 11.2 Å². The van der Waals surface area contributed by atoms with E-state index in [1.54, 1.807) is 0 Å². The summed E-state index contributed by atoms with van der Waals surface area (Å²) in [5, 5.41) is 0. The number of rotatable bonds is 2. The molecule has 2 N–H and O–H groups in total. The quantitative estimate of drug-likeness (QED) is 0.647. The van der Waals surface area contributed by atoms with E-state index < -0.39 is 17.2 Å². The van der Waals surface area contributed by atoms with Gasteiger partial charge < -0.3 is 14.6 Å². The molecule has 1 unspecified atom stereocenters. The van der Waals surface area contributed by atoms with Gasteiger partial charge in [-0.05, 0) is 6.42 Å². The van der Waals surface area contributed by atoms with Gasteiger partial charge in [0.25, 0.3) is 11.5 Å². The summed E-state index contributed by atoms with van der Waals surface area (Å²) in [6.45, 7) is 0.585. The lowest BCUT2D eigenvalue weighted by molar-refractivity contribution is -0.144. The Labute approximate surface area is 107 Å². The van der Waals surface area contributed by atoms with Crippen LogP contribution in [0.3, 0.4) is 0 Å². The molecule has 102 valence electrons. The smallest absolute Gasteiger partial charge is 0.325 e. The highest BCUT2D eigenvalue weighted by molar-refractivity contribution is 5.94. The van der Waals surface area contributed by atoms with Gasteiger partial charge in [0.2, 0.25) is 0 Å². The molecule has 0 bridgehead atoms. The Hall–Kier alpha value is -2.38. The van der Waals surface area contributed by atoms with Crippen LogP contribution in [0.15, 0.2) is 15.8 Å². The number of carbonyl (C=O) groups is 2. The Morgan fingerprint density at radius 1 is 1.42 bits per heavy atom. The highest BCUT2D eigenvalue weighted by Crippen LogP contribution is 2.18. The minimum absolute atomic E-state index is 0.148. The molecule has 0 spiro atoms. The monoisotopic (exact) mass is 267 g/mol. The number of amides is 1. The maximum absolute atomic E-state index is 12.1. The average molecular weight is 267 g/mol. The molecule has 0 aliphatic carbocycles. The molecule has 1 atom stereocenters. The zero-order chi connectivity index (χ0) is 14.0. The molecule has 1 fully saturated rings. The van der Waals surface area contributed by atoms with Gasteiger partial charge >= 0.3 is 11.7 Å². The van der Waals surface area contributed by atoms with E-state index in [-0.39, 0.29) is 24.0 Å². The topological polar surface area (TPSA) is 112 Å². The number of aromatic amines is 2. The first-order chi connectivity index (χ1) is 9.02. The average Bonchev–Trinajstić information content (AvgIpc) is 2.86. The Balaban J connectivity index is 2.16. The van der Waals surface area contributed by atoms with Crippen molar-refractivity contribution in [2.45, 2.75) is 6.42 Å². The van der Waals surface area contributed by atoms with Gasteiger partial charge in [-0.25, -0.2) is 4.79 Å². The Morgan fingerprint density at radius 2 is 2.16 bits per heavy atom. The first-order valence-electron chi connectivity index (χ1n) is 5.72. The van der Waals surface area contributed by atoms with Gasteiger partial charge in [-0.15, -0.1) is 0 Å². The van der Waals surface area contributed by atoms with E-state index >= 15 is 0 Å². The highest BCUT2D eigenvalue weighted by Gasteiger charge is 2.32. The molecule has 8 heteroatoms. The standard InChI is InChI=1S/C11H13N3O5/c1-19-10(17)6-2-3-14(5-6)9(16)7-4-12-11(18)13-8(7)15/h4,6H,2-3,5H2,1H3,(H2,12,13,15,18). The van der Waals surface area contributed by atoms with E-state index in [4.69, 9.17) is 0 Å². The van der Waals surface area contributed by atoms with Gasteiger partial charge in [-0.1, -0.05) is 0 Å². The van der Waals surface area contributed by atoms with Crippen molar-refractivity contribution in [1.82, 2.24) is 14.9 Å². The van der Waals surface area contributed by atoms with Crippen molar-refractivity contribution in [3.63, 3.8) is 0 Å². The maximum atomic E-state index is 12.1. The van der Waals surface area contributed by atoms with Gasteiger partial charge in [0.15, 0.2) is 0 Å². The Morgan fingerprint density at radius 3 is 2.79 bits per heavy atom. The molecule has 1 saturated heterocycles. The van der Waals surface area contributed by atoms with Crippen molar-refractivity contribution in [1.29, 1.82) is 0 Å². The molecule has 1 amide bonds. The number of H-pyrrole nitrogens is 2. The Kier molecular flexibility index (Phi) is 3.50. The lowest BCUT2D eigenvalue weighted by atomic mass is 10.1. The van der Waals surface area contributed by atoms with E-state index in [0.717, 1.165) is 6.20 Å². The van der Waals surface area contributed by atoms with E-state index in [2.05, 4.69) is 9.72 Å². The summed E-state index contributed by atoms with van der Waals surface area (Å²) in [5.41, 5.74) is -1.56. The largest absolute Gasteiger partial charge is 0.469 e. The molecule has 1 aromatic rings. The van der Waals surface area contributed by atoms with E-state index in [0.29, 0.717) is 13.0 Å². The number of carbonyl (C=O) groups excluding carboxylic acids is 2. The summed E-state index contributed by atoms with van der Waals surface area (Å²) in [7, 11) is 1.29. The lowest BCUT2D eigenvalue weighted by Crippen LogP contribution is -2.36. The molecule has 1 aliphatic rings. The number of hydrogen-bond donors (Lipinski definition) is 2. The molecule has 1 aromatic heterocycles. The fraction of sp³-hybridized carbons (Fsp3) is 0.455. The summed E-state index contributed by atoms with van der Waals surface area (Å²) in [4.78, 5) is 51.4. The van der Waals surface area contributed by atoms with Crippen molar-refractivity contribution in [3.05, 3.63) is 32.6 Å². The predicted molar refractivity (Wildman–Crippen MR) is 63.7 cm³/mol. The van der Waals surface area contributed by atoms with Gasteiger partial charge in [0, 0.05) is 19.3 Å². The van der Waals surface area contributed by atoms with Crippen LogP contribution in [0.4, 0.5) is 0 Å². The molecule has 2 heterocycles. The maximum Gasteiger partial charge on any atom is 0.325 e. The molecular weight excluding hydrogens is 254 g/mol. The van der Waals surface area contributed by atoms with Gasteiger partial charge in [0.1, 0.15) is 5.56 Å². The number of aromatic nitrogens is 2. The van der Waals surface area contributed by atoms with Crippen LogP contribution in [-0.2, 0) is 9.53 Å². The number of esters is 1. The molecule has 2 rings (SSSR count). The van der Waals surface area contributed by atoms with Gasteiger partial charge in [-0.3, -0.25) is 19.4 Å². The van der Waals surface area contributed by atoms with Crippen LogP contribution in [0.2, 0.25) is 0 Å². The third-order valence-electron chi connectivity index (χ3n) is 3.06. The van der Waals surface area contributed by atoms with E-state index in [9.17, 15) is 19.2 Å². The zero-order valence-electron chi connectivity index (χ0n) is 10.3. The van der Waals surface area contributed by atoms with Gasteiger partial charge in [-0.2, -0.15) is 0 Å². The molecule has 0 aromatic carbocycles. The van der Waals surface area contributed by atoms with Crippen LogP contribution in [0.1, 0.15) is 16.8 Å². The van der Waals surface area contributed by atoms with E-state index in [1.165, 1.54) is 12.0 Å². The minimum Gasteiger partial charge on any atom is -0.469 e. The second-order valence-corrected chi connectivity index (χ2v) is 4.25. The number of nitrogens with zero attached hydrogens (tertiary/aromatic N) is 1. The van der Waals surface area contributed by atoms with Crippen molar-refractivity contribution >= 4 is 11.9 Å². The molecule has 0 radical (unpaired) electrons. The zero-order valence-corrected chi connectivity index (χ0v) is 10.3. The first-order valence-corrected chi connectivity index (χ1v) is 5.72. The van der Waals surface area contributed by atoms with Crippen LogP contribution in [0.5, 0.6) is 0 Å². The molecular formula is C11H13N3O5. The molecule has 8 nitrogen and oxygen atoms in total. The summed E-state index contributed by atoms with van der Waals surface area (Å²) < 4.78 is 4.62. The summed E-state index contributed by atoms with van der Waals surface area (Å²) in [6.07, 6.45) is 1.58. The van der Waals surface area contributed by atoms with Crippen molar-refractivity contribution in [2.75, 3.05) is 20.2 Å². The van der Waals surface area contributed by atoms with Crippen molar-refractivity contribution < 1.29 is 14.3 Å². The first kappa shape index (κ1) is 13.1. The number of likely N-dealkylation sites (tertiary alicyclic amines) is 1. The normalized spacial score (nSPS) is 18.4. The fourth-order valence-corrected chi connectivity index (χ4v) is 2.04. The summed E-state index contributed by atoms with van der Waals surface area (Å²) in [6, 6.07) is 0. The fourth-order valence-electron chi connectivity index (χ4n) is 2.04. The van der Waals surface area contributed by atoms with Crippen molar-refractivity contribution in [3.8, 4) is 0 Å². The second kappa shape index (κ2) is 5.09. The van der Waals surface area contributed by atoms with Gasteiger partial charge in [0.05, 0.1) is 13.0 Å². The third-order valence-corrected chi connectivity index (χ3v) is 3.06. The predicted octanol–water partition coefficient (Wildman–Crippen LogP) is -1.30. The minimum atomic E-state index is -0.740. The molecule has 0 saturated carbocycles. The van der Waals surface area contributed by atoms with Crippen LogP contribution in [0, 0.1) is 5.92 Å². The third kappa shape index (κ3) is 2.56. The molecule has 19 heavy (non-hydrogen) atoms. The second-order valence-electron chi connectivity index (χ2n) is 4.25. The van der Waals surface area contributed by atoms with Crippen molar-refractivity contribution in [2.24, 2.45) is 5.92 Å². The van der Waals surface area contributed by atoms with E-state index in [1.807, 2.05) is 4.98 Å². The lowest BCUT2D eigenvalue weighted by Gasteiger charge is -2.15. The number of nitrogens with one attached hydrogen (secondary N) is 2.